The average Bonchev–Trinajstić information content (AvgIpc) is 2.44. The van der Waals surface area contributed by atoms with E-state index in [-0.39, 0.29) is 17.4 Å². The average molecular weight is 284 g/mol. The Labute approximate surface area is 124 Å². The summed E-state index contributed by atoms with van der Waals surface area (Å²) in [6, 6.07) is 0.109. The Kier molecular flexibility index (Phi) is 7.52. The van der Waals surface area contributed by atoms with Crippen LogP contribution < -0.4 is 10.6 Å². The minimum Gasteiger partial charge on any atom is -0.380 e. The molecule has 0 saturated carbocycles. The van der Waals surface area contributed by atoms with Crippen LogP contribution in [0.15, 0.2) is 0 Å². The molecule has 0 aliphatic carbocycles. The van der Waals surface area contributed by atoms with E-state index in [0.29, 0.717) is 19.1 Å². The molecule has 1 fully saturated rings. The van der Waals surface area contributed by atoms with Gasteiger partial charge in [-0.15, -0.1) is 0 Å². The number of hydrogen-bond acceptors (Lipinski definition) is 3. The molecule has 1 aliphatic heterocycles. The molecule has 0 aromatic rings. The fourth-order valence-corrected chi connectivity index (χ4v) is 2.93. The van der Waals surface area contributed by atoms with Crippen molar-refractivity contribution in [2.45, 2.75) is 59.4 Å². The molecule has 118 valence electrons. The highest BCUT2D eigenvalue weighted by atomic mass is 16.5. The molecule has 4 heteroatoms. The fraction of sp³-hybridized carbons (Fsp3) is 0.938. The normalized spacial score (nSPS) is 24.6. The molecule has 0 bridgehead atoms. The first-order chi connectivity index (χ1) is 9.55. The molecule has 2 atom stereocenters. The summed E-state index contributed by atoms with van der Waals surface area (Å²) in [5.74, 6) is 0.602. The van der Waals surface area contributed by atoms with Crippen molar-refractivity contribution in [1.82, 2.24) is 10.6 Å². The van der Waals surface area contributed by atoms with Gasteiger partial charge < -0.3 is 15.4 Å². The molecule has 20 heavy (non-hydrogen) atoms. The van der Waals surface area contributed by atoms with Crippen LogP contribution in [-0.2, 0) is 9.53 Å². The van der Waals surface area contributed by atoms with Gasteiger partial charge in [0.05, 0.1) is 18.1 Å². The quantitative estimate of drug-likeness (QED) is 0.719. The molecule has 1 amide bonds. The number of hydrogen-bond donors (Lipinski definition) is 2. The van der Waals surface area contributed by atoms with Crippen LogP contribution in [0, 0.1) is 11.3 Å². The third-order valence-electron chi connectivity index (χ3n) is 4.31. The van der Waals surface area contributed by atoms with Crippen molar-refractivity contribution in [3.8, 4) is 0 Å². The number of amides is 1. The van der Waals surface area contributed by atoms with Gasteiger partial charge in [0.1, 0.15) is 0 Å². The molecule has 1 rings (SSSR count). The maximum Gasteiger partial charge on any atom is 0.227 e. The van der Waals surface area contributed by atoms with Crippen LogP contribution in [0.3, 0.4) is 0 Å². The lowest BCUT2D eigenvalue weighted by Gasteiger charge is -2.38. The summed E-state index contributed by atoms with van der Waals surface area (Å²) in [6.07, 6.45) is 4.10. The first-order valence-electron chi connectivity index (χ1n) is 8.15. The lowest BCUT2D eigenvalue weighted by Crippen LogP contribution is -2.54. The zero-order valence-electron chi connectivity index (χ0n) is 13.6. The van der Waals surface area contributed by atoms with Crippen LogP contribution in [0.1, 0.15) is 53.4 Å². The van der Waals surface area contributed by atoms with Crippen molar-refractivity contribution in [2.75, 3.05) is 26.3 Å². The molecule has 1 saturated heterocycles. The van der Waals surface area contributed by atoms with E-state index in [0.717, 1.165) is 38.8 Å². The molecule has 1 aliphatic rings. The van der Waals surface area contributed by atoms with Crippen molar-refractivity contribution in [2.24, 2.45) is 11.3 Å². The predicted molar refractivity (Wildman–Crippen MR) is 82.7 cm³/mol. The summed E-state index contributed by atoms with van der Waals surface area (Å²) >= 11 is 0. The monoisotopic (exact) mass is 284 g/mol. The Balaban J connectivity index is 2.68. The minimum absolute atomic E-state index is 0.109. The Hall–Kier alpha value is -0.610. The van der Waals surface area contributed by atoms with Gasteiger partial charge in [0.25, 0.3) is 0 Å². The van der Waals surface area contributed by atoms with Crippen molar-refractivity contribution in [3.63, 3.8) is 0 Å². The summed E-state index contributed by atoms with van der Waals surface area (Å²) in [5, 5.41) is 6.64. The van der Waals surface area contributed by atoms with Crippen LogP contribution in [-0.4, -0.2) is 38.3 Å². The topological polar surface area (TPSA) is 50.4 Å². The van der Waals surface area contributed by atoms with Gasteiger partial charge in [-0.25, -0.2) is 0 Å². The highest BCUT2D eigenvalue weighted by Crippen LogP contribution is 2.32. The lowest BCUT2D eigenvalue weighted by atomic mass is 9.76. The van der Waals surface area contributed by atoms with Crippen LogP contribution in [0.4, 0.5) is 0 Å². The van der Waals surface area contributed by atoms with Crippen molar-refractivity contribution >= 4 is 5.91 Å². The maximum absolute atomic E-state index is 12.8. The SMILES string of the molecule is CCCC1(C(=O)NC(COCC)C(C)C)CCCNC1. The summed E-state index contributed by atoms with van der Waals surface area (Å²) in [5.41, 5.74) is -0.216. The molecule has 0 aromatic heterocycles. The van der Waals surface area contributed by atoms with E-state index >= 15 is 0 Å². The molecular formula is C16H32N2O2. The van der Waals surface area contributed by atoms with Crippen molar-refractivity contribution in [1.29, 1.82) is 0 Å². The van der Waals surface area contributed by atoms with Gasteiger partial charge in [-0.05, 0) is 38.6 Å². The second-order valence-electron chi connectivity index (χ2n) is 6.29. The van der Waals surface area contributed by atoms with Gasteiger partial charge >= 0.3 is 0 Å². The Morgan fingerprint density at radius 3 is 2.65 bits per heavy atom. The smallest absolute Gasteiger partial charge is 0.227 e. The summed E-state index contributed by atoms with van der Waals surface area (Å²) in [4.78, 5) is 12.8. The summed E-state index contributed by atoms with van der Waals surface area (Å²) in [6.45, 7) is 11.6. The van der Waals surface area contributed by atoms with Gasteiger partial charge in [0, 0.05) is 13.2 Å². The number of ether oxygens (including phenoxy) is 1. The van der Waals surface area contributed by atoms with Gasteiger partial charge in [0.15, 0.2) is 0 Å². The lowest BCUT2D eigenvalue weighted by molar-refractivity contribution is -0.134. The zero-order valence-corrected chi connectivity index (χ0v) is 13.6. The third-order valence-corrected chi connectivity index (χ3v) is 4.31. The first kappa shape index (κ1) is 17.4. The minimum atomic E-state index is -0.216. The third kappa shape index (κ3) is 4.74. The van der Waals surface area contributed by atoms with E-state index in [1.54, 1.807) is 0 Å². The van der Waals surface area contributed by atoms with Gasteiger partial charge in [0.2, 0.25) is 5.91 Å². The molecule has 1 heterocycles. The first-order valence-corrected chi connectivity index (χ1v) is 8.15. The number of carbonyl (C=O) groups is 1. The van der Waals surface area contributed by atoms with Crippen LogP contribution in [0.2, 0.25) is 0 Å². The molecule has 0 aromatic carbocycles. The van der Waals surface area contributed by atoms with E-state index in [4.69, 9.17) is 4.74 Å². The molecule has 0 spiro atoms. The maximum atomic E-state index is 12.8. The van der Waals surface area contributed by atoms with Crippen LogP contribution in [0.25, 0.3) is 0 Å². The van der Waals surface area contributed by atoms with Crippen molar-refractivity contribution < 1.29 is 9.53 Å². The molecule has 0 radical (unpaired) electrons. The zero-order chi connectivity index (χ0) is 15.0. The summed E-state index contributed by atoms with van der Waals surface area (Å²) < 4.78 is 5.51. The molecule has 2 unspecified atom stereocenters. The van der Waals surface area contributed by atoms with Crippen molar-refractivity contribution in [3.05, 3.63) is 0 Å². The van der Waals surface area contributed by atoms with Gasteiger partial charge in [-0.2, -0.15) is 0 Å². The molecular weight excluding hydrogens is 252 g/mol. The predicted octanol–water partition coefficient (Wildman–Crippen LogP) is 2.33. The van der Waals surface area contributed by atoms with E-state index in [1.165, 1.54) is 0 Å². The van der Waals surface area contributed by atoms with Gasteiger partial charge in [-0.1, -0.05) is 27.2 Å². The van der Waals surface area contributed by atoms with Gasteiger partial charge in [-0.3, -0.25) is 4.79 Å². The second kappa shape index (κ2) is 8.63. The summed E-state index contributed by atoms with van der Waals surface area (Å²) in [7, 11) is 0. The molecule has 2 N–H and O–H groups in total. The number of nitrogens with one attached hydrogen (secondary N) is 2. The fourth-order valence-electron chi connectivity index (χ4n) is 2.93. The second-order valence-corrected chi connectivity index (χ2v) is 6.29. The van der Waals surface area contributed by atoms with E-state index < -0.39 is 0 Å². The van der Waals surface area contributed by atoms with Crippen LogP contribution >= 0.6 is 0 Å². The highest BCUT2D eigenvalue weighted by molar-refractivity contribution is 5.83. The van der Waals surface area contributed by atoms with E-state index in [9.17, 15) is 4.79 Å². The largest absolute Gasteiger partial charge is 0.380 e. The Morgan fingerprint density at radius 2 is 2.15 bits per heavy atom. The highest BCUT2D eigenvalue weighted by Gasteiger charge is 2.39. The number of piperidine rings is 1. The Morgan fingerprint density at radius 1 is 1.40 bits per heavy atom. The van der Waals surface area contributed by atoms with Crippen LogP contribution in [0.5, 0.6) is 0 Å². The number of carbonyl (C=O) groups excluding carboxylic acids is 1. The number of rotatable bonds is 8. The molecule has 4 nitrogen and oxygen atoms in total. The Bertz CT molecular complexity index is 281. The van der Waals surface area contributed by atoms with E-state index in [2.05, 4.69) is 31.4 Å². The van der Waals surface area contributed by atoms with E-state index in [1.807, 2.05) is 6.92 Å². The standard InChI is InChI=1S/C16H32N2O2/c1-5-8-16(9-7-10-17-12-16)15(19)18-14(13(3)4)11-20-6-2/h13-14,17H,5-12H2,1-4H3,(H,18,19).